The lowest BCUT2D eigenvalue weighted by atomic mass is 9.84. The van der Waals surface area contributed by atoms with E-state index in [0.717, 1.165) is 42.9 Å². The topological polar surface area (TPSA) is 57.7 Å². The third-order valence-electron chi connectivity index (χ3n) is 6.02. The number of aromatic nitrogens is 1. The monoisotopic (exact) mass is 372 g/mol. The fourth-order valence-electron chi connectivity index (χ4n) is 4.53. The minimum atomic E-state index is -0.0193. The molecule has 2 bridgehead atoms. The van der Waals surface area contributed by atoms with Crippen molar-refractivity contribution in [2.45, 2.75) is 18.9 Å². The third-order valence-corrected chi connectivity index (χ3v) is 6.90. The number of nitrogens with one attached hydrogen (secondary N) is 1. The number of carbonyl (C=O) groups excluding carboxylic acids is 1. The first-order valence-electron chi connectivity index (χ1n) is 9.54. The summed E-state index contributed by atoms with van der Waals surface area (Å²) in [5.74, 6) is 0.604. The highest BCUT2D eigenvalue weighted by Gasteiger charge is 2.35. The van der Waals surface area contributed by atoms with Crippen LogP contribution in [0.15, 0.2) is 18.2 Å². The van der Waals surface area contributed by atoms with E-state index in [4.69, 9.17) is 4.74 Å². The Balaban J connectivity index is 1.39. The van der Waals surface area contributed by atoms with Crippen LogP contribution in [0.4, 0.5) is 5.69 Å². The molecule has 5 heterocycles. The van der Waals surface area contributed by atoms with Gasteiger partial charge in [0, 0.05) is 31.1 Å². The normalized spacial score (nSPS) is 28.5. The van der Waals surface area contributed by atoms with Crippen molar-refractivity contribution in [2.75, 3.05) is 50.8 Å². The number of benzene rings is 1. The number of piperidine rings is 3. The third kappa shape index (κ3) is 2.88. The fourth-order valence-corrected chi connectivity index (χ4v) is 5.45. The van der Waals surface area contributed by atoms with Crippen LogP contribution in [0.2, 0.25) is 0 Å². The van der Waals surface area contributed by atoms with Crippen LogP contribution in [0.3, 0.4) is 0 Å². The summed E-state index contributed by atoms with van der Waals surface area (Å²) < 4.78 is 11.1. The molecule has 4 aliphatic rings. The van der Waals surface area contributed by atoms with E-state index in [1.807, 2.05) is 12.1 Å². The van der Waals surface area contributed by atoms with Crippen LogP contribution < -0.4 is 10.2 Å². The molecule has 0 spiro atoms. The van der Waals surface area contributed by atoms with Crippen LogP contribution in [0.5, 0.6) is 0 Å². The average molecular weight is 372 g/mol. The van der Waals surface area contributed by atoms with Crippen molar-refractivity contribution >= 4 is 33.2 Å². The highest BCUT2D eigenvalue weighted by Crippen LogP contribution is 2.33. The predicted molar refractivity (Wildman–Crippen MR) is 103 cm³/mol. The number of carbonyl (C=O) groups is 1. The zero-order valence-corrected chi connectivity index (χ0v) is 15.6. The molecule has 1 aromatic heterocycles. The van der Waals surface area contributed by atoms with Gasteiger partial charge in [-0.25, -0.2) is 0 Å². The fraction of sp³-hybridized carbons (Fsp3) is 0.579. The largest absolute Gasteiger partial charge is 0.378 e. The number of anilines is 1. The summed E-state index contributed by atoms with van der Waals surface area (Å²) in [4.78, 5) is 17.7. The summed E-state index contributed by atoms with van der Waals surface area (Å²) in [5, 5.41) is 4.24. The molecule has 7 heteroatoms. The molecular formula is C19H24N4O2S. The van der Waals surface area contributed by atoms with E-state index < -0.39 is 0 Å². The summed E-state index contributed by atoms with van der Waals surface area (Å²) in [6, 6.07) is 6.45. The van der Waals surface area contributed by atoms with Crippen molar-refractivity contribution in [3.63, 3.8) is 0 Å². The van der Waals surface area contributed by atoms with E-state index in [0.29, 0.717) is 11.6 Å². The molecule has 1 aromatic carbocycles. The Kier molecular flexibility index (Phi) is 4.30. The number of nitrogens with zero attached hydrogens (tertiary/aromatic N) is 3. The van der Waals surface area contributed by atoms with Gasteiger partial charge in [-0.05, 0) is 49.4 Å². The summed E-state index contributed by atoms with van der Waals surface area (Å²) in [6.45, 7) is 6.62. The number of hydrogen-bond acceptors (Lipinski definition) is 6. The summed E-state index contributed by atoms with van der Waals surface area (Å²) in [6.07, 6.45) is 2.40. The van der Waals surface area contributed by atoms with E-state index in [9.17, 15) is 4.79 Å². The summed E-state index contributed by atoms with van der Waals surface area (Å²) in [5.41, 5.74) is 1.75. The molecule has 2 aromatic rings. The first-order chi connectivity index (χ1) is 12.8. The van der Waals surface area contributed by atoms with Gasteiger partial charge in [-0.3, -0.25) is 4.79 Å². The quantitative estimate of drug-likeness (QED) is 0.893. The molecule has 0 unspecified atom stereocenters. The van der Waals surface area contributed by atoms with Crippen molar-refractivity contribution in [1.82, 2.24) is 14.6 Å². The van der Waals surface area contributed by atoms with Gasteiger partial charge in [-0.2, -0.15) is 4.37 Å². The molecule has 0 radical (unpaired) electrons. The van der Waals surface area contributed by atoms with Crippen molar-refractivity contribution in [1.29, 1.82) is 0 Å². The molecular weight excluding hydrogens is 348 g/mol. The lowest BCUT2D eigenvalue weighted by molar-refractivity contribution is 0.0619. The zero-order chi connectivity index (χ0) is 17.5. The zero-order valence-electron chi connectivity index (χ0n) is 14.8. The van der Waals surface area contributed by atoms with Gasteiger partial charge in [0.25, 0.3) is 5.91 Å². The van der Waals surface area contributed by atoms with Gasteiger partial charge in [0.15, 0.2) is 0 Å². The molecule has 4 aliphatic heterocycles. The lowest BCUT2D eigenvalue weighted by Gasteiger charge is -2.44. The number of hydrogen-bond donors (Lipinski definition) is 1. The molecule has 0 aliphatic carbocycles. The molecule has 4 saturated heterocycles. The minimum Gasteiger partial charge on any atom is -0.378 e. The second-order valence-electron chi connectivity index (χ2n) is 7.50. The van der Waals surface area contributed by atoms with Gasteiger partial charge in [0.05, 0.1) is 23.6 Å². The molecule has 1 amide bonds. The Morgan fingerprint density at radius 1 is 1.19 bits per heavy atom. The number of amides is 1. The maximum absolute atomic E-state index is 12.9. The van der Waals surface area contributed by atoms with Crippen LogP contribution in [0, 0.1) is 5.92 Å². The Bertz CT molecular complexity index is 809. The van der Waals surface area contributed by atoms with Gasteiger partial charge in [0.1, 0.15) is 5.69 Å². The Labute approximate surface area is 157 Å². The van der Waals surface area contributed by atoms with Gasteiger partial charge in [-0.15, -0.1) is 0 Å². The van der Waals surface area contributed by atoms with Crippen LogP contribution in [0.1, 0.15) is 23.3 Å². The minimum absolute atomic E-state index is 0.0193. The SMILES string of the molecule is O=C(N[C@H]1CN2CCC1CC2)c1nsc2c(N3CCOCC3)cccc12. The second kappa shape index (κ2) is 6.79. The van der Waals surface area contributed by atoms with Gasteiger partial charge < -0.3 is 19.9 Å². The summed E-state index contributed by atoms with van der Waals surface area (Å²) in [7, 11) is 0. The molecule has 6 nitrogen and oxygen atoms in total. The molecule has 1 N–H and O–H groups in total. The Hall–Kier alpha value is -1.70. The Morgan fingerprint density at radius 3 is 2.73 bits per heavy atom. The Morgan fingerprint density at radius 2 is 2.00 bits per heavy atom. The van der Waals surface area contributed by atoms with E-state index in [1.165, 1.54) is 43.2 Å². The van der Waals surface area contributed by atoms with Crippen LogP contribution >= 0.6 is 11.5 Å². The predicted octanol–water partition coefficient (Wildman–Crippen LogP) is 1.96. The lowest BCUT2D eigenvalue weighted by Crippen LogP contribution is -2.57. The molecule has 0 saturated carbocycles. The standard InChI is InChI=1S/C19H24N4O2S/c24-19(20-15-12-22-6-4-13(15)5-7-22)17-14-2-1-3-16(18(14)26-21-17)23-8-10-25-11-9-23/h1-3,13,15H,4-12H2,(H,20,24)/t15-/m0/s1. The number of rotatable bonds is 3. The van der Waals surface area contributed by atoms with Crippen LogP contribution in [0.25, 0.3) is 10.1 Å². The smallest absolute Gasteiger partial charge is 0.271 e. The molecule has 6 rings (SSSR count). The van der Waals surface area contributed by atoms with Crippen molar-refractivity contribution in [3.8, 4) is 0 Å². The first-order valence-corrected chi connectivity index (χ1v) is 10.3. The van der Waals surface area contributed by atoms with Gasteiger partial charge in [-0.1, -0.05) is 12.1 Å². The average Bonchev–Trinajstić information content (AvgIpc) is 3.14. The van der Waals surface area contributed by atoms with Crippen molar-refractivity contribution in [3.05, 3.63) is 23.9 Å². The van der Waals surface area contributed by atoms with Gasteiger partial charge in [0.2, 0.25) is 0 Å². The molecule has 26 heavy (non-hydrogen) atoms. The van der Waals surface area contributed by atoms with Crippen LogP contribution in [-0.2, 0) is 4.74 Å². The second-order valence-corrected chi connectivity index (χ2v) is 8.28. The highest BCUT2D eigenvalue weighted by atomic mass is 32.1. The van der Waals surface area contributed by atoms with Crippen LogP contribution in [-0.4, -0.2) is 67.2 Å². The number of ether oxygens (including phenoxy) is 1. The first kappa shape index (κ1) is 16.5. The highest BCUT2D eigenvalue weighted by molar-refractivity contribution is 7.14. The molecule has 138 valence electrons. The van der Waals surface area contributed by atoms with E-state index in [1.54, 1.807) is 0 Å². The van der Waals surface area contributed by atoms with E-state index in [-0.39, 0.29) is 11.9 Å². The van der Waals surface area contributed by atoms with E-state index in [2.05, 4.69) is 25.6 Å². The number of fused-ring (bicyclic) bond motifs is 4. The molecule has 4 fully saturated rings. The maximum Gasteiger partial charge on any atom is 0.271 e. The molecule has 1 atom stereocenters. The van der Waals surface area contributed by atoms with Crippen molar-refractivity contribution in [2.24, 2.45) is 5.92 Å². The van der Waals surface area contributed by atoms with E-state index >= 15 is 0 Å². The maximum atomic E-state index is 12.9. The number of morpholine rings is 1. The summed E-state index contributed by atoms with van der Waals surface area (Å²) >= 11 is 1.44. The van der Waals surface area contributed by atoms with Gasteiger partial charge >= 0.3 is 0 Å². The van der Waals surface area contributed by atoms with Crippen molar-refractivity contribution < 1.29 is 9.53 Å².